The highest BCUT2D eigenvalue weighted by atomic mass is 19.1. The SMILES string of the molecule is CC1CCCC(Nc2ccc(F)c(C(N)=O)c2)C1. The maximum atomic E-state index is 13.3. The molecule has 0 aliphatic heterocycles. The molecule has 98 valence electrons. The number of halogens is 1. The number of carbonyl (C=O) groups is 1. The van der Waals surface area contributed by atoms with E-state index in [1.807, 2.05) is 0 Å². The molecule has 0 bridgehead atoms. The first-order valence-electron chi connectivity index (χ1n) is 6.42. The Labute approximate surface area is 107 Å². The van der Waals surface area contributed by atoms with E-state index in [1.54, 1.807) is 6.07 Å². The Bertz CT molecular complexity index is 447. The van der Waals surface area contributed by atoms with E-state index in [2.05, 4.69) is 12.2 Å². The number of amides is 1. The molecule has 1 amide bonds. The smallest absolute Gasteiger partial charge is 0.251 e. The van der Waals surface area contributed by atoms with Gasteiger partial charge in [0.25, 0.3) is 5.91 Å². The summed E-state index contributed by atoms with van der Waals surface area (Å²) in [6.45, 7) is 2.24. The van der Waals surface area contributed by atoms with E-state index in [4.69, 9.17) is 5.73 Å². The van der Waals surface area contributed by atoms with E-state index in [1.165, 1.54) is 25.0 Å². The van der Waals surface area contributed by atoms with E-state index >= 15 is 0 Å². The van der Waals surface area contributed by atoms with Gasteiger partial charge in [-0.3, -0.25) is 4.79 Å². The number of primary amides is 1. The summed E-state index contributed by atoms with van der Waals surface area (Å²) in [4.78, 5) is 11.1. The first kappa shape index (κ1) is 12.9. The molecule has 18 heavy (non-hydrogen) atoms. The topological polar surface area (TPSA) is 55.1 Å². The monoisotopic (exact) mass is 250 g/mol. The van der Waals surface area contributed by atoms with Crippen molar-refractivity contribution in [2.45, 2.75) is 38.6 Å². The Morgan fingerprint density at radius 1 is 1.44 bits per heavy atom. The second kappa shape index (κ2) is 5.38. The van der Waals surface area contributed by atoms with E-state index in [-0.39, 0.29) is 5.56 Å². The van der Waals surface area contributed by atoms with Gasteiger partial charge in [-0.25, -0.2) is 4.39 Å². The van der Waals surface area contributed by atoms with Gasteiger partial charge >= 0.3 is 0 Å². The third-order valence-corrected chi connectivity index (χ3v) is 3.54. The molecule has 1 aliphatic carbocycles. The molecule has 0 heterocycles. The van der Waals surface area contributed by atoms with Crippen molar-refractivity contribution < 1.29 is 9.18 Å². The number of anilines is 1. The van der Waals surface area contributed by atoms with Crippen LogP contribution in [0.3, 0.4) is 0 Å². The lowest BCUT2D eigenvalue weighted by atomic mass is 9.87. The summed E-state index contributed by atoms with van der Waals surface area (Å²) < 4.78 is 13.3. The third kappa shape index (κ3) is 3.00. The van der Waals surface area contributed by atoms with E-state index < -0.39 is 11.7 Å². The van der Waals surface area contributed by atoms with Crippen molar-refractivity contribution in [1.82, 2.24) is 0 Å². The van der Waals surface area contributed by atoms with E-state index in [9.17, 15) is 9.18 Å². The standard InChI is InChI=1S/C14H19FN2O/c1-9-3-2-4-10(7-9)17-11-5-6-13(15)12(8-11)14(16)18/h5-6,8-10,17H,2-4,7H2,1H3,(H2,16,18). The van der Waals surface area contributed by atoms with E-state index in [0.29, 0.717) is 12.0 Å². The van der Waals surface area contributed by atoms with Crippen molar-refractivity contribution in [1.29, 1.82) is 0 Å². The molecule has 0 aromatic heterocycles. The lowest BCUT2D eigenvalue weighted by Crippen LogP contribution is -2.26. The highest BCUT2D eigenvalue weighted by Crippen LogP contribution is 2.26. The fourth-order valence-electron chi connectivity index (χ4n) is 2.60. The first-order chi connectivity index (χ1) is 8.56. The number of hydrogen-bond donors (Lipinski definition) is 2. The average molecular weight is 250 g/mol. The zero-order valence-electron chi connectivity index (χ0n) is 10.6. The molecule has 0 spiro atoms. The highest BCUT2D eigenvalue weighted by molar-refractivity contribution is 5.94. The molecule has 3 N–H and O–H groups in total. The van der Waals surface area contributed by atoms with Crippen LogP contribution in [0.25, 0.3) is 0 Å². The Morgan fingerprint density at radius 3 is 2.89 bits per heavy atom. The number of nitrogens with one attached hydrogen (secondary N) is 1. The summed E-state index contributed by atoms with van der Waals surface area (Å²) in [5.41, 5.74) is 5.85. The largest absolute Gasteiger partial charge is 0.382 e. The van der Waals surface area contributed by atoms with Gasteiger partial charge in [0.2, 0.25) is 0 Å². The van der Waals surface area contributed by atoms with E-state index in [0.717, 1.165) is 18.5 Å². The van der Waals surface area contributed by atoms with Crippen molar-refractivity contribution in [2.24, 2.45) is 11.7 Å². The molecule has 0 saturated heterocycles. The fourth-order valence-corrected chi connectivity index (χ4v) is 2.60. The van der Waals surface area contributed by atoms with Gasteiger partial charge in [-0.05, 0) is 37.0 Å². The van der Waals surface area contributed by atoms with Crippen molar-refractivity contribution >= 4 is 11.6 Å². The van der Waals surface area contributed by atoms with Gasteiger partial charge in [-0.15, -0.1) is 0 Å². The minimum absolute atomic E-state index is 0.0520. The Hall–Kier alpha value is -1.58. The average Bonchev–Trinajstić information content (AvgIpc) is 2.31. The molecule has 3 nitrogen and oxygen atoms in total. The Morgan fingerprint density at radius 2 is 2.22 bits per heavy atom. The molecule has 1 saturated carbocycles. The van der Waals surface area contributed by atoms with Crippen molar-refractivity contribution in [3.63, 3.8) is 0 Å². The number of nitrogens with two attached hydrogens (primary N) is 1. The van der Waals surface area contributed by atoms with Crippen LogP contribution in [-0.4, -0.2) is 11.9 Å². The fraction of sp³-hybridized carbons (Fsp3) is 0.500. The minimum Gasteiger partial charge on any atom is -0.382 e. The molecule has 1 aliphatic rings. The van der Waals surface area contributed by atoms with Crippen molar-refractivity contribution in [3.05, 3.63) is 29.6 Å². The molecule has 2 unspecified atom stereocenters. The summed E-state index contributed by atoms with van der Waals surface area (Å²) in [7, 11) is 0. The molecular weight excluding hydrogens is 231 g/mol. The highest BCUT2D eigenvalue weighted by Gasteiger charge is 2.19. The summed E-state index contributed by atoms with van der Waals surface area (Å²) in [5, 5.41) is 3.36. The van der Waals surface area contributed by atoms with Gasteiger partial charge in [0.15, 0.2) is 0 Å². The molecule has 2 rings (SSSR count). The zero-order chi connectivity index (χ0) is 13.1. The molecule has 1 aromatic rings. The third-order valence-electron chi connectivity index (χ3n) is 3.54. The number of benzene rings is 1. The van der Waals surface area contributed by atoms with Crippen LogP contribution in [0.2, 0.25) is 0 Å². The second-order valence-corrected chi connectivity index (χ2v) is 5.17. The lowest BCUT2D eigenvalue weighted by molar-refractivity contribution is 0.0996. The maximum Gasteiger partial charge on any atom is 0.251 e. The predicted octanol–water partition coefficient (Wildman–Crippen LogP) is 2.92. The van der Waals surface area contributed by atoms with Gasteiger partial charge in [0.05, 0.1) is 5.56 Å². The Kier molecular flexibility index (Phi) is 3.84. The summed E-state index contributed by atoms with van der Waals surface area (Å²) in [6, 6.07) is 4.84. The maximum absolute atomic E-state index is 13.3. The molecule has 2 atom stereocenters. The lowest BCUT2D eigenvalue weighted by Gasteiger charge is -2.28. The van der Waals surface area contributed by atoms with Crippen LogP contribution in [0.15, 0.2) is 18.2 Å². The van der Waals surface area contributed by atoms with Crippen LogP contribution in [0.4, 0.5) is 10.1 Å². The van der Waals surface area contributed by atoms with Gasteiger partial charge in [-0.1, -0.05) is 19.8 Å². The predicted molar refractivity (Wildman–Crippen MR) is 70.0 cm³/mol. The zero-order valence-corrected chi connectivity index (χ0v) is 10.6. The molecular formula is C14H19FN2O. The van der Waals surface area contributed by atoms with Crippen LogP contribution in [0, 0.1) is 11.7 Å². The first-order valence-corrected chi connectivity index (χ1v) is 6.42. The number of rotatable bonds is 3. The summed E-state index contributed by atoms with van der Waals surface area (Å²) >= 11 is 0. The second-order valence-electron chi connectivity index (χ2n) is 5.17. The number of carbonyl (C=O) groups excluding carboxylic acids is 1. The van der Waals surface area contributed by atoms with Crippen LogP contribution >= 0.6 is 0 Å². The molecule has 1 aromatic carbocycles. The Balaban J connectivity index is 2.09. The summed E-state index contributed by atoms with van der Waals surface area (Å²) in [5.74, 6) is -0.578. The molecule has 0 radical (unpaired) electrons. The molecule has 1 fully saturated rings. The normalized spacial score (nSPS) is 23.7. The number of hydrogen-bond acceptors (Lipinski definition) is 2. The quantitative estimate of drug-likeness (QED) is 0.866. The van der Waals surface area contributed by atoms with Gasteiger partial charge < -0.3 is 11.1 Å². The van der Waals surface area contributed by atoms with Crippen molar-refractivity contribution in [3.8, 4) is 0 Å². The van der Waals surface area contributed by atoms with Gasteiger partial charge in [-0.2, -0.15) is 0 Å². The van der Waals surface area contributed by atoms with Crippen LogP contribution < -0.4 is 11.1 Å². The van der Waals surface area contributed by atoms with Gasteiger partial charge in [0, 0.05) is 11.7 Å². The minimum atomic E-state index is -0.729. The summed E-state index contributed by atoms with van der Waals surface area (Å²) in [6.07, 6.45) is 4.72. The van der Waals surface area contributed by atoms with Crippen LogP contribution in [-0.2, 0) is 0 Å². The van der Waals surface area contributed by atoms with Crippen LogP contribution in [0.1, 0.15) is 43.0 Å². The van der Waals surface area contributed by atoms with Gasteiger partial charge in [0.1, 0.15) is 5.82 Å². The molecule has 4 heteroatoms. The van der Waals surface area contributed by atoms with Crippen LogP contribution in [0.5, 0.6) is 0 Å². The van der Waals surface area contributed by atoms with Crippen molar-refractivity contribution in [2.75, 3.05) is 5.32 Å².